The lowest BCUT2D eigenvalue weighted by Gasteiger charge is -2.48. The maximum absolute atomic E-state index is 12.1. The molecule has 30 heavy (non-hydrogen) atoms. The molecular weight excluding hydrogens is 441 g/mol. The Kier molecular flexibility index (Phi) is 7.47. The van der Waals surface area contributed by atoms with E-state index in [0.717, 1.165) is 50.1 Å². The molecule has 0 radical (unpaired) electrons. The Morgan fingerprint density at radius 3 is 1.97 bits per heavy atom. The molecule has 2 aliphatic heterocycles. The van der Waals surface area contributed by atoms with Crippen molar-refractivity contribution >= 4 is 34.5 Å². The second-order valence-electron chi connectivity index (χ2n) is 8.14. The number of hydrogen-bond acceptors (Lipinski definition) is 3. The Morgan fingerprint density at radius 1 is 1.00 bits per heavy atom. The number of rotatable bonds is 7. The van der Waals surface area contributed by atoms with Crippen LogP contribution < -0.4 is 5.32 Å². The van der Waals surface area contributed by atoms with Gasteiger partial charge in [0.05, 0.1) is 12.1 Å². The third-order valence-electron chi connectivity index (χ3n) is 6.13. The van der Waals surface area contributed by atoms with E-state index < -0.39 is 11.3 Å². The highest BCUT2D eigenvalue weighted by molar-refractivity contribution is 7.76. The number of nitrogens with zero attached hydrogens (tertiary/aromatic N) is 2. The van der Waals surface area contributed by atoms with Crippen molar-refractivity contribution in [3.05, 3.63) is 69.7 Å². The van der Waals surface area contributed by atoms with Crippen LogP contribution >= 0.6 is 23.2 Å². The van der Waals surface area contributed by atoms with E-state index in [2.05, 4.69) is 10.2 Å². The topological polar surface area (TPSA) is 55.8 Å². The fourth-order valence-corrected chi connectivity index (χ4v) is 5.42. The van der Waals surface area contributed by atoms with Gasteiger partial charge >= 0.3 is 0 Å². The van der Waals surface area contributed by atoms with Crippen LogP contribution in [-0.2, 0) is 11.3 Å². The molecule has 2 fully saturated rings. The fraction of sp³-hybridized carbons (Fsp3) is 0.455. The molecule has 5 nitrogen and oxygen atoms in total. The molecule has 2 aromatic rings. The summed E-state index contributed by atoms with van der Waals surface area (Å²) < 4.78 is 23.8. The van der Waals surface area contributed by atoms with E-state index in [1.807, 2.05) is 48.5 Å². The molecule has 2 heterocycles. The van der Waals surface area contributed by atoms with Crippen LogP contribution in [0.4, 0.5) is 0 Å². The molecule has 2 N–H and O–H groups in total. The minimum absolute atomic E-state index is 0.0589. The van der Waals surface area contributed by atoms with Gasteiger partial charge in [0.25, 0.3) is 0 Å². The Bertz CT molecular complexity index is 808. The van der Waals surface area contributed by atoms with Crippen molar-refractivity contribution in [2.24, 2.45) is 5.92 Å². The average Bonchev–Trinajstić information content (AvgIpc) is 2.71. The Balaban J connectivity index is 1.49. The van der Waals surface area contributed by atoms with Crippen molar-refractivity contribution in [1.29, 1.82) is 0 Å². The van der Waals surface area contributed by atoms with Crippen LogP contribution in [-0.4, -0.2) is 56.7 Å². The van der Waals surface area contributed by atoms with Crippen molar-refractivity contribution in [3.8, 4) is 0 Å². The highest BCUT2D eigenvalue weighted by atomic mass is 35.5. The zero-order chi connectivity index (χ0) is 21.1. The second-order valence-corrected chi connectivity index (χ2v) is 9.94. The number of benzene rings is 2. The molecule has 0 spiro atoms. The van der Waals surface area contributed by atoms with Crippen LogP contribution in [0, 0.1) is 5.92 Å². The minimum Gasteiger partial charge on any atom is -0.317 e. The van der Waals surface area contributed by atoms with Gasteiger partial charge in [0.2, 0.25) is 11.3 Å². The van der Waals surface area contributed by atoms with Gasteiger partial charge in [-0.1, -0.05) is 47.5 Å². The largest absolute Gasteiger partial charge is 0.317 e. The Morgan fingerprint density at radius 2 is 1.50 bits per heavy atom. The Labute approximate surface area is 190 Å². The lowest BCUT2D eigenvalue weighted by molar-refractivity contribution is 0.0451. The minimum atomic E-state index is -1.96. The quantitative estimate of drug-likeness (QED) is 0.598. The van der Waals surface area contributed by atoms with E-state index in [1.165, 1.54) is 0 Å². The first-order valence-electron chi connectivity index (χ1n) is 10.3. The molecule has 0 bridgehead atoms. The molecule has 8 heteroatoms. The lowest BCUT2D eigenvalue weighted by Crippen LogP contribution is -2.61. The maximum atomic E-state index is 12.1. The standard InChI is InChI=1S/C22H27Cl2N3O2S/c23-19-5-1-17(2-6-19)22(18-3-7-20(24)8-4-18)26-14-21(15-26)27(30(28)29)13-16-9-11-25-12-10-16/h1-8,16,21-22,25H,9-15H2,(H,28,29). The number of likely N-dealkylation sites (tertiary alicyclic amines) is 1. The van der Waals surface area contributed by atoms with Crippen molar-refractivity contribution < 1.29 is 8.76 Å². The van der Waals surface area contributed by atoms with E-state index >= 15 is 0 Å². The molecule has 2 saturated heterocycles. The van der Waals surface area contributed by atoms with Gasteiger partial charge in [-0.15, -0.1) is 0 Å². The number of nitrogens with one attached hydrogen (secondary N) is 1. The first kappa shape index (κ1) is 22.2. The summed E-state index contributed by atoms with van der Waals surface area (Å²) in [6, 6.07) is 15.9. The molecule has 4 rings (SSSR count). The van der Waals surface area contributed by atoms with Gasteiger partial charge < -0.3 is 5.32 Å². The Hall–Kier alpha value is -0.990. The zero-order valence-electron chi connectivity index (χ0n) is 16.7. The highest BCUT2D eigenvalue weighted by Gasteiger charge is 2.40. The summed E-state index contributed by atoms with van der Waals surface area (Å²) in [7, 11) is 0. The maximum Gasteiger partial charge on any atom is 0.234 e. The van der Waals surface area contributed by atoms with Crippen molar-refractivity contribution in [1.82, 2.24) is 14.5 Å². The predicted molar refractivity (Wildman–Crippen MR) is 123 cm³/mol. The lowest BCUT2D eigenvalue weighted by atomic mass is 9.92. The molecule has 0 aromatic heterocycles. The normalized spacial score (nSPS) is 19.9. The van der Waals surface area contributed by atoms with Gasteiger partial charge in [-0.3, -0.25) is 9.45 Å². The van der Waals surface area contributed by atoms with Gasteiger partial charge in [0, 0.05) is 29.7 Å². The summed E-state index contributed by atoms with van der Waals surface area (Å²) in [6.07, 6.45) is 2.12. The average molecular weight is 468 g/mol. The van der Waals surface area contributed by atoms with E-state index in [1.54, 1.807) is 4.31 Å². The van der Waals surface area contributed by atoms with Crippen molar-refractivity contribution in [2.45, 2.75) is 24.9 Å². The second kappa shape index (κ2) is 10.1. The van der Waals surface area contributed by atoms with Crippen LogP contribution in [0.5, 0.6) is 0 Å². The predicted octanol–water partition coefficient (Wildman–Crippen LogP) is 4.21. The summed E-state index contributed by atoms with van der Waals surface area (Å²) in [6.45, 7) is 4.14. The van der Waals surface area contributed by atoms with Gasteiger partial charge in [0.1, 0.15) is 0 Å². The summed E-state index contributed by atoms with van der Waals surface area (Å²) in [4.78, 5) is 2.35. The summed E-state index contributed by atoms with van der Waals surface area (Å²) >= 11 is 10.2. The summed E-state index contributed by atoms with van der Waals surface area (Å²) in [5, 5.41) is 4.77. The van der Waals surface area contributed by atoms with E-state index in [-0.39, 0.29) is 12.1 Å². The molecule has 0 saturated carbocycles. The van der Waals surface area contributed by atoms with Gasteiger partial charge in [-0.25, -0.2) is 4.21 Å². The van der Waals surface area contributed by atoms with E-state index in [0.29, 0.717) is 22.5 Å². The van der Waals surface area contributed by atoms with Crippen LogP contribution in [0.25, 0.3) is 0 Å². The van der Waals surface area contributed by atoms with Crippen LogP contribution in [0.1, 0.15) is 30.0 Å². The van der Waals surface area contributed by atoms with Crippen LogP contribution in [0.3, 0.4) is 0 Å². The molecule has 1 atom stereocenters. The van der Waals surface area contributed by atoms with Crippen LogP contribution in [0.15, 0.2) is 48.5 Å². The molecular formula is C22H27Cl2N3O2S. The smallest absolute Gasteiger partial charge is 0.234 e. The molecule has 1 unspecified atom stereocenters. The molecule has 2 aromatic carbocycles. The number of halogens is 2. The van der Waals surface area contributed by atoms with E-state index in [9.17, 15) is 8.76 Å². The van der Waals surface area contributed by atoms with E-state index in [4.69, 9.17) is 23.2 Å². The molecule has 0 amide bonds. The van der Waals surface area contributed by atoms with Gasteiger partial charge in [-0.2, -0.15) is 4.31 Å². The number of hydrogen-bond donors (Lipinski definition) is 2. The first-order valence-corrected chi connectivity index (χ1v) is 12.2. The molecule has 162 valence electrons. The summed E-state index contributed by atoms with van der Waals surface area (Å²) in [5.41, 5.74) is 2.30. The van der Waals surface area contributed by atoms with Crippen LogP contribution in [0.2, 0.25) is 10.0 Å². The third-order valence-corrected chi connectivity index (χ3v) is 7.48. The first-order chi connectivity index (χ1) is 14.5. The zero-order valence-corrected chi connectivity index (χ0v) is 19.0. The van der Waals surface area contributed by atoms with Gasteiger partial charge in [-0.05, 0) is 67.2 Å². The van der Waals surface area contributed by atoms with Gasteiger partial charge in [0.15, 0.2) is 0 Å². The number of piperidine rings is 1. The van der Waals surface area contributed by atoms with Crippen molar-refractivity contribution in [3.63, 3.8) is 0 Å². The molecule has 2 aliphatic rings. The highest BCUT2D eigenvalue weighted by Crippen LogP contribution is 2.35. The summed E-state index contributed by atoms with van der Waals surface area (Å²) in [5.74, 6) is 0.472. The fourth-order valence-electron chi connectivity index (χ4n) is 4.44. The monoisotopic (exact) mass is 467 g/mol. The third kappa shape index (κ3) is 5.25. The van der Waals surface area contributed by atoms with Crippen molar-refractivity contribution in [2.75, 3.05) is 32.7 Å². The SMILES string of the molecule is O=S(O)N(CC1CCNCC1)C1CN(C(c2ccc(Cl)cc2)c2ccc(Cl)cc2)C1. The molecule has 0 aliphatic carbocycles.